The molecule has 1 heterocycles. The smallest absolute Gasteiger partial charge is 0.136 e. The number of nitrogens with one attached hydrogen (secondary N) is 2. The first kappa shape index (κ1) is 13.9. The highest BCUT2D eigenvalue weighted by atomic mass is 15.1. The predicted molar refractivity (Wildman–Crippen MR) is 87.0 cm³/mol. The lowest BCUT2D eigenvalue weighted by Crippen LogP contribution is -2.23. The van der Waals surface area contributed by atoms with E-state index in [1.165, 1.54) is 32.1 Å². The standard InChI is InChI=1S/C17H22N4/c1-13-18-16(20-14-8-4-2-5-9-14)12-17(19-13)21-15-10-6-3-7-11-15/h2,4-5,8-9,12,15H,3,6-7,10-11H2,1H3,(H2,18,19,20,21). The van der Waals surface area contributed by atoms with Crippen molar-refractivity contribution in [2.24, 2.45) is 0 Å². The van der Waals surface area contributed by atoms with Crippen LogP contribution in [0.4, 0.5) is 17.3 Å². The van der Waals surface area contributed by atoms with Crippen molar-refractivity contribution in [3.63, 3.8) is 0 Å². The Labute approximate surface area is 126 Å². The number of aryl methyl sites for hydroxylation is 1. The van der Waals surface area contributed by atoms with Gasteiger partial charge in [-0.2, -0.15) is 0 Å². The quantitative estimate of drug-likeness (QED) is 0.879. The summed E-state index contributed by atoms with van der Waals surface area (Å²) >= 11 is 0. The average molecular weight is 282 g/mol. The van der Waals surface area contributed by atoms with E-state index in [9.17, 15) is 0 Å². The summed E-state index contributed by atoms with van der Waals surface area (Å²) < 4.78 is 0. The van der Waals surface area contributed by atoms with Crippen LogP contribution in [-0.2, 0) is 0 Å². The van der Waals surface area contributed by atoms with E-state index in [4.69, 9.17) is 0 Å². The van der Waals surface area contributed by atoms with E-state index in [0.717, 1.165) is 23.1 Å². The fourth-order valence-corrected chi connectivity index (χ4v) is 2.83. The lowest BCUT2D eigenvalue weighted by Gasteiger charge is -2.23. The van der Waals surface area contributed by atoms with Gasteiger partial charge in [0.15, 0.2) is 0 Å². The third kappa shape index (κ3) is 3.94. The highest BCUT2D eigenvalue weighted by molar-refractivity contribution is 5.59. The topological polar surface area (TPSA) is 49.8 Å². The molecular formula is C17H22N4. The maximum atomic E-state index is 4.51. The molecule has 0 aliphatic heterocycles. The number of benzene rings is 1. The van der Waals surface area contributed by atoms with Crippen LogP contribution in [-0.4, -0.2) is 16.0 Å². The van der Waals surface area contributed by atoms with Crippen LogP contribution in [0.5, 0.6) is 0 Å². The predicted octanol–water partition coefficient (Wildman–Crippen LogP) is 4.27. The van der Waals surface area contributed by atoms with Gasteiger partial charge in [-0.3, -0.25) is 0 Å². The van der Waals surface area contributed by atoms with Crippen LogP contribution in [0, 0.1) is 6.92 Å². The van der Waals surface area contributed by atoms with Crippen molar-refractivity contribution in [2.75, 3.05) is 10.6 Å². The van der Waals surface area contributed by atoms with E-state index < -0.39 is 0 Å². The summed E-state index contributed by atoms with van der Waals surface area (Å²) in [4.78, 5) is 8.97. The Morgan fingerprint density at radius 2 is 1.67 bits per heavy atom. The van der Waals surface area contributed by atoms with Gasteiger partial charge >= 0.3 is 0 Å². The van der Waals surface area contributed by atoms with Gasteiger partial charge in [-0.15, -0.1) is 0 Å². The van der Waals surface area contributed by atoms with Crippen LogP contribution in [0.15, 0.2) is 36.4 Å². The van der Waals surface area contributed by atoms with Crippen molar-refractivity contribution < 1.29 is 0 Å². The summed E-state index contributed by atoms with van der Waals surface area (Å²) in [6.07, 6.45) is 6.48. The van der Waals surface area contributed by atoms with E-state index in [1.54, 1.807) is 0 Å². The summed E-state index contributed by atoms with van der Waals surface area (Å²) in [6, 6.07) is 12.6. The number of rotatable bonds is 4. The molecule has 3 rings (SSSR count). The van der Waals surface area contributed by atoms with E-state index in [2.05, 4.69) is 20.6 Å². The van der Waals surface area contributed by atoms with Gasteiger partial charge in [0.1, 0.15) is 17.5 Å². The van der Waals surface area contributed by atoms with Crippen molar-refractivity contribution in [1.82, 2.24) is 9.97 Å². The molecule has 0 unspecified atom stereocenters. The summed E-state index contributed by atoms with van der Waals surface area (Å²) in [5.74, 6) is 2.55. The van der Waals surface area contributed by atoms with Gasteiger partial charge in [-0.25, -0.2) is 9.97 Å². The van der Waals surface area contributed by atoms with Crippen LogP contribution in [0.2, 0.25) is 0 Å². The van der Waals surface area contributed by atoms with Gasteiger partial charge < -0.3 is 10.6 Å². The van der Waals surface area contributed by atoms with Crippen molar-refractivity contribution in [3.05, 3.63) is 42.2 Å². The van der Waals surface area contributed by atoms with Crippen molar-refractivity contribution >= 4 is 17.3 Å². The molecule has 4 nitrogen and oxygen atoms in total. The first-order valence-electron chi connectivity index (χ1n) is 7.74. The summed E-state index contributed by atoms with van der Waals surface area (Å²) in [5, 5.41) is 6.89. The van der Waals surface area contributed by atoms with Crippen LogP contribution in [0.1, 0.15) is 37.9 Å². The minimum Gasteiger partial charge on any atom is -0.367 e. The van der Waals surface area contributed by atoms with Crippen LogP contribution < -0.4 is 10.6 Å². The van der Waals surface area contributed by atoms with Gasteiger partial charge in [0.25, 0.3) is 0 Å². The van der Waals surface area contributed by atoms with Crippen LogP contribution in [0.25, 0.3) is 0 Å². The monoisotopic (exact) mass is 282 g/mol. The van der Waals surface area contributed by atoms with Gasteiger partial charge in [0.05, 0.1) is 0 Å². The third-order valence-electron chi connectivity index (χ3n) is 3.84. The Morgan fingerprint density at radius 1 is 0.952 bits per heavy atom. The molecule has 0 spiro atoms. The number of para-hydroxylation sites is 1. The fourth-order valence-electron chi connectivity index (χ4n) is 2.83. The number of anilines is 3. The first-order chi connectivity index (χ1) is 10.3. The second-order valence-corrected chi connectivity index (χ2v) is 5.66. The van der Waals surface area contributed by atoms with Crippen LogP contribution >= 0.6 is 0 Å². The first-order valence-corrected chi connectivity index (χ1v) is 7.74. The lowest BCUT2D eigenvalue weighted by molar-refractivity contribution is 0.462. The maximum Gasteiger partial charge on any atom is 0.136 e. The third-order valence-corrected chi connectivity index (χ3v) is 3.84. The maximum absolute atomic E-state index is 4.51. The Hall–Kier alpha value is -2.10. The molecule has 1 fully saturated rings. The lowest BCUT2D eigenvalue weighted by atomic mass is 9.95. The molecule has 1 aliphatic rings. The molecule has 1 saturated carbocycles. The molecule has 21 heavy (non-hydrogen) atoms. The molecule has 110 valence electrons. The van der Waals surface area contributed by atoms with E-state index in [-0.39, 0.29) is 0 Å². The molecule has 1 aromatic carbocycles. The van der Waals surface area contributed by atoms with E-state index >= 15 is 0 Å². The van der Waals surface area contributed by atoms with Crippen molar-refractivity contribution in [1.29, 1.82) is 0 Å². The molecule has 2 aromatic rings. The molecule has 0 atom stereocenters. The normalized spacial score (nSPS) is 15.7. The van der Waals surface area contributed by atoms with Gasteiger partial charge in [-0.1, -0.05) is 37.5 Å². The molecule has 1 aliphatic carbocycles. The molecule has 0 radical (unpaired) electrons. The van der Waals surface area contributed by atoms with Gasteiger partial charge in [0, 0.05) is 17.8 Å². The van der Waals surface area contributed by atoms with E-state index in [0.29, 0.717) is 6.04 Å². The average Bonchev–Trinajstić information content (AvgIpc) is 2.48. The highest BCUT2D eigenvalue weighted by Crippen LogP contribution is 2.22. The van der Waals surface area contributed by atoms with E-state index in [1.807, 2.05) is 43.3 Å². The largest absolute Gasteiger partial charge is 0.367 e. The number of nitrogens with zero attached hydrogens (tertiary/aromatic N) is 2. The highest BCUT2D eigenvalue weighted by Gasteiger charge is 2.14. The molecule has 0 bridgehead atoms. The van der Waals surface area contributed by atoms with Crippen molar-refractivity contribution in [3.8, 4) is 0 Å². The summed E-state index contributed by atoms with van der Waals surface area (Å²) in [5.41, 5.74) is 1.04. The second kappa shape index (κ2) is 6.57. The number of hydrogen-bond donors (Lipinski definition) is 2. The zero-order valence-corrected chi connectivity index (χ0v) is 12.5. The zero-order chi connectivity index (χ0) is 14.5. The Morgan fingerprint density at radius 3 is 2.43 bits per heavy atom. The Bertz CT molecular complexity index is 577. The number of aromatic nitrogens is 2. The molecule has 1 aromatic heterocycles. The Balaban J connectivity index is 1.73. The van der Waals surface area contributed by atoms with Crippen LogP contribution in [0.3, 0.4) is 0 Å². The molecule has 0 saturated heterocycles. The summed E-state index contributed by atoms with van der Waals surface area (Å²) in [6.45, 7) is 1.93. The summed E-state index contributed by atoms with van der Waals surface area (Å²) in [7, 11) is 0. The molecule has 0 amide bonds. The van der Waals surface area contributed by atoms with Gasteiger partial charge in [0.2, 0.25) is 0 Å². The van der Waals surface area contributed by atoms with Gasteiger partial charge in [-0.05, 0) is 31.9 Å². The minimum absolute atomic E-state index is 0.553. The van der Waals surface area contributed by atoms with Crippen molar-refractivity contribution in [2.45, 2.75) is 45.1 Å². The number of hydrogen-bond acceptors (Lipinski definition) is 4. The second-order valence-electron chi connectivity index (χ2n) is 5.66. The molecule has 4 heteroatoms. The zero-order valence-electron chi connectivity index (χ0n) is 12.5. The fraction of sp³-hybridized carbons (Fsp3) is 0.412. The molecule has 2 N–H and O–H groups in total. The molecular weight excluding hydrogens is 260 g/mol. The minimum atomic E-state index is 0.553. The Kier molecular flexibility index (Phi) is 4.34. The SMILES string of the molecule is Cc1nc(Nc2ccccc2)cc(NC2CCCCC2)n1.